The molecule has 2 aromatic heterocycles. The van der Waals surface area contributed by atoms with Crippen LogP contribution in [0.5, 0.6) is 0 Å². The molecule has 56 valence electrons. The normalized spacial score (nSPS) is 10.6. The van der Waals surface area contributed by atoms with E-state index in [-0.39, 0.29) is 0 Å². The molecule has 0 fully saturated rings. The van der Waals surface area contributed by atoms with Gasteiger partial charge < -0.3 is 10.7 Å². The molecule has 0 aromatic carbocycles. The van der Waals surface area contributed by atoms with Crippen LogP contribution in [0.4, 0.5) is 5.69 Å². The van der Waals surface area contributed by atoms with E-state index in [9.17, 15) is 0 Å². The van der Waals surface area contributed by atoms with Gasteiger partial charge in [0, 0.05) is 11.6 Å². The Hall–Kier alpha value is -1.51. The predicted octanol–water partition coefficient (Wildman–Crippen LogP) is 1.45. The maximum atomic E-state index is 5.69. The third-order valence-corrected chi connectivity index (χ3v) is 1.82. The molecule has 0 bridgehead atoms. The molecule has 0 aliphatic carbocycles. The number of nitrogens with two attached hydrogens (primary N) is 1. The van der Waals surface area contributed by atoms with Gasteiger partial charge in [-0.15, -0.1) is 0 Å². The summed E-state index contributed by atoms with van der Waals surface area (Å²) in [5.74, 6) is 0. The lowest BCUT2D eigenvalue weighted by atomic mass is 10.2. The first-order valence-corrected chi connectivity index (χ1v) is 3.47. The van der Waals surface area contributed by atoms with E-state index >= 15 is 0 Å². The van der Waals surface area contributed by atoms with Gasteiger partial charge in [0.25, 0.3) is 0 Å². The zero-order valence-electron chi connectivity index (χ0n) is 6.26. The number of fused-ring (bicyclic) bond motifs is 1. The fourth-order valence-corrected chi connectivity index (χ4v) is 1.21. The van der Waals surface area contributed by atoms with Crippen molar-refractivity contribution in [1.29, 1.82) is 0 Å². The van der Waals surface area contributed by atoms with Crippen LogP contribution < -0.4 is 5.73 Å². The summed E-state index contributed by atoms with van der Waals surface area (Å²) < 4.78 is 0. The summed E-state index contributed by atoms with van der Waals surface area (Å²) in [6.45, 7) is 1.96. The van der Waals surface area contributed by atoms with Crippen LogP contribution in [-0.4, -0.2) is 9.97 Å². The molecule has 0 radical (unpaired) electrons. The Bertz CT molecular complexity index is 353. The maximum absolute atomic E-state index is 5.69. The highest BCUT2D eigenvalue weighted by atomic mass is 14.8. The summed E-state index contributed by atoms with van der Waals surface area (Å²) in [7, 11) is 0. The standard InChI is InChI=1S/C8H9N3/c1-5-8-6(2-3-10-8)7(9)4-11-5/h2-4,10H,9H2,1H3. The quantitative estimate of drug-likeness (QED) is 0.592. The van der Waals surface area contributed by atoms with Crippen molar-refractivity contribution in [1.82, 2.24) is 9.97 Å². The van der Waals surface area contributed by atoms with Crippen molar-refractivity contribution in [3.63, 3.8) is 0 Å². The SMILES string of the molecule is Cc1ncc(N)c2cc[nH]c12. The van der Waals surface area contributed by atoms with Crippen LogP contribution in [0, 0.1) is 6.92 Å². The summed E-state index contributed by atoms with van der Waals surface area (Å²) in [6.07, 6.45) is 3.56. The molecule has 2 heterocycles. The van der Waals surface area contributed by atoms with E-state index < -0.39 is 0 Å². The van der Waals surface area contributed by atoms with Gasteiger partial charge in [0.05, 0.1) is 23.1 Å². The molecule has 2 aromatic rings. The molecule has 11 heavy (non-hydrogen) atoms. The molecular weight excluding hydrogens is 138 g/mol. The van der Waals surface area contributed by atoms with Gasteiger partial charge in [-0.2, -0.15) is 0 Å². The highest BCUT2D eigenvalue weighted by Gasteiger charge is 2.00. The van der Waals surface area contributed by atoms with E-state index in [4.69, 9.17) is 5.73 Å². The van der Waals surface area contributed by atoms with Gasteiger partial charge in [-0.1, -0.05) is 0 Å². The predicted molar refractivity (Wildman–Crippen MR) is 45.2 cm³/mol. The van der Waals surface area contributed by atoms with Crippen LogP contribution in [0.2, 0.25) is 0 Å². The molecule has 3 nitrogen and oxygen atoms in total. The number of nitrogens with zero attached hydrogens (tertiary/aromatic N) is 1. The van der Waals surface area contributed by atoms with Crippen molar-refractivity contribution < 1.29 is 0 Å². The number of H-pyrrole nitrogens is 1. The lowest BCUT2D eigenvalue weighted by Gasteiger charge is -1.97. The Kier molecular flexibility index (Phi) is 1.12. The first-order chi connectivity index (χ1) is 5.29. The highest BCUT2D eigenvalue weighted by molar-refractivity contribution is 5.91. The van der Waals surface area contributed by atoms with Gasteiger partial charge in [0.1, 0.15) is 0 Å². The second kappa shape index (κ2) is 1.99. The van der Waals surface area contributed by atoms with E-state index in [1.165, 1.54) is 0 Å². The van der Waals surface area contributed by atoms with Crippen molar-refractivity contribution in [3.05, 3.63) is 24.2 Å². The minimum atomic E-state index is 0.729. The van der Waals surface area contributed by atoms with E-state index in [1.54, 1.807) is 6.20 Å². The van der Waals surface area contributed by atoms with Gasteiger partial charge in [0.15, 0.2) is 0 Å². The fourth-order valence-electron chi connectivity index (χ4n) is 1.21. The van der Waals surface area contributed by atoms with Gasteiger partial charge in [-0.05, 0) is 13.0 Å². The van der Waals surface area contributed by atoms with Crippen LogP contribution in [-0.2, 0) is 0 Å². The van der Waals surface area contributed by atoms with Crippen LogP contribution in [0.15, 0.2) is 18.5 Å². The molecular formula is C8H9N3. The molecule has 0 saturated heterocycles. The number of anilines is 1. The smallest absolute Gasteiger partial charge is 0.0691 e. The number of hydrogen-bond donors (Lipinski definition) is 2. The summed E-state index contributed by atoms with van der Waals surface area (Å²) >= 11 is 0. The molecule has 0 aliphatic rings. The van der Waals surface area contributed by atoms with Crippen molar-refractivity contribution in [2.24, 2.45) is 0 Å². The molecule has 0 aliphatic heterocycles. The lowest BCUT2D eigenvalue weighted by Crippen LogP contribution is -1.89. The number of nitrogens with one attached hydrogen (secondary N) is 1. The van der Waals surface area contributed by atoms with Crippen LogP contribution >= 0.6 is 0 Å². The maximum Gasteiger partial charge on any atom is 0.0691 e. The molecule has 0 spiro atoms. The first-order valence-electron chi connectivity index (χ1n) is 3.47. The average molecular weight is 147 g/mol. The number of aromatic amines is 1. The number of pyridine rings is 1. The molecule has 2 rings (SSSR count). The minimum Gasteiger partial charge on any atom is -0.397 e. The van der Waals surface area contributed by atoms with Crippen molar-refractivity contribution in [2.75, 3.05) is 5.73 Å². The number of aromatic nitrogens is 2. The van der Waals surface area contributed by atoms with Crippen LogP contribution in [0.1, 0.15) is 5.69 Å². The van der Waals surface area contributed by atoms with Gasteiger partial charge in [-0.3, -0.25) is 4.98 Å². The van der Waals surface area contributed by atoms with E-state index in [2.05, 4.69) is 9.97 Å². The third kappa shape index (κ3) is 0.774. The highest BCUT2D eigenvalue weighted by Crippen LogP contribution is 2.20. The van der Waals surface area contributed by atoms with E-state index in [1.807, 2.05) is 19.2 Å². The molecule has 0 amide bonds. The molecule has 0 atom stereocenters. The zero-order chi connectivity index (χ0) is 7.84. The summed E-state index contributed by atoms with van der Waals surface area (Å²) in [5.41, 5.74) is 8.43. The lowest BCUT2D eigenvalue weighted by molar-refractivity contribution is 1.22. The molecule has 0 unspecified atom stereocenters. The third-order valence-electron chi connectivity index (χ3n) is 1.82. The number of hydrogen-bond acceptors (Lipinski definition) is 2. The molecule has 0 saturated carbocycles. The number of nitrogen functional groups attached to an aromatic ring is 1. The Morgan fingerprint density at radius 1 is 1.55 bits per heavy atom. The Balaban J connectivity index is 2.96. The average Bonchev–Trinajstić information content (AvgIpc) is 2.45. The summed E-state index contributed by atoms with van der Waals surface area (Å²) in [4.78, 5) is 7.21. The molecule has 3 N–H and O–H groups in total. The second-order valence-electron chi connectivity index (χ2n) is 2.57. The summed E-state index contributed by atoms with van der Waals surface area (Å²) in [6, 6.07) is 1.96. The number of rotatable bonds is 0. The van der Waals surface area contributed by atoms with Gasteiger partial charge in [-0.25, -0.2) is 0 Å². The Morgan fingerprint density at radius 2 is 2.36 bits per heavy atom. The van der Waals surface area contributed by atoms with Crippen LogP contribution in [0.25, 0.3) is 10.9 Å². The minimum absolute atomic E-state index is 0.729. The first kappa shape index (κ1) is 6.22. The van der Waals surface area contributed by atoms with Crippen molar-refractivity contribution in [2.45, 2.75) is 6.92 Å². The fraction of sp³-hybridized carbons (Fsp3) is 0.125. The number of aryl methyl sites for hydroxylation is 1. The Morgan fingerprint density at radius 3 is 3.09 bits per heavy atom. The van der Waals surface area contributed by atoms with Gasteiger partial charge in [0.2, 0.25) is 0 Å². The second-order valence-corrected chi connectivity index (χ2v) is 2.57. The Labute approximate surface area is 64.2 Å². The van der Waals surface area contributed by atoms with E-state index in [0.29, 0.717) is 0 Å². The van der Waals surface area contributed by atoms with Crippen molar-refractivity contribution >= 4 is 16.6 Å². The molecule has 3 heteroatoms. The monoisotopic (exact) mass is 147 g/mol. The zero-order valence-corrected chi connectivity index (χ0v) is 6.26. The van der Waals surface area contributed by atoms with Gasteiger partial charge >= 0.3 is 0 Å². The summed E-state index contributed by atoms with van der Waals surface area (Å²) in [5, 5.41) is 1.05. The van der Waals surface area contributed by atoms with Crippen molar-refractivity contribution in [3.8, 4) is 0 Å². The van der Waals surface area contributed by atoms with E-state index in [0.717, 1.165) is 22.3 Å². The largest absolute Gasteiger partial charge is 0.397 e. The van der Waals surface area contributed by atoms with Crippen LogP contribution in [0.3, 0.4) is 0 Å². The topological polar surface area (TPSA) is 54.7 Å².